The van der Waals surface area contributed by atoms with E-state index in [9.17, 15) is 4.39 Å². The van der Waals surface area contributed by atoms with Crippen molar-refractivity contribution in [2.75, 3.05) is 19.8 Å². The van der Waals surface area contributed by atoms with Crippen LogP contribution in [-0.2, 0) is 15.0 Å². The number of nitrogens with zero attached hydrogens (tertiary/aromatic N) is 2. The fourth-order valence-electron chi connectivity index (χ4n) is 4.25. The second-order valence-electron chi connectivity index (χ2n) is 6.84. The average molecular weight is 355 g/mol. The van der Waals surface area contributed by atoms with Gasteiger partial charge in [0.1, 0.15) is 24.0 Å². The molecule has 0 radical (unpaired) electrons. The third-order valence-corrected chi connectivity index (χ3v) is 5.46. The average Bonchev–Trinajstić information content (AvgIpc) is 3.05. The Kier molecular flexibility index (Phi) is 3.40. The molecule has 26 heavy (non-hydrogen) atoms. The zero-order valence-corrected chi connectivity index (χ0v) is 14.0. The first-order chi connectivity index (χ1) is 12.7. The van der Waals surface area contributed by atoms with E-state index in [1.807, 2.05) is 18.2 Å². The molecule has 5 rings (SSSR count). The first kappa shape index (κ1) is 15.6. The van der Waals surface area contributed by atoms with Gasteiger partial charge in [-0.05, 0) is 36.2 Å². The van der Waals surface area contributed by atoms with E-state index < -0.39 is 11.5 Å². The maximum absolute atomic E-state index is 14.2. The quantitative estimate of drug-likeness (QED) is 0.794. The van der Waals surface area contributed by atoms with Gasteiger partial charge in [0.05, 0.1) is 6.61 Å². The Morgan fingerprint density at radius 2 is 2.19 bits per heavy atom. The molecular weight excluding hydrogens is 337 g/mol. The number of hydrogen-bond acceptors (Lipinski definition) is 6. The second kappa shape index (κ2) is 5.67. The van der Waals surface area contributed by atoms with Crippen LogP contribution in [0.1, 0.15) is 12.0 Å². The molecule has 1 saturated heterocycles. The van der Waals surface area contributed by atoms with Gasteiger partial charge in [0.25, 0.3) is 6.02 Å². The van der Waals surface area contributed by atoms with E-state index in [0.717, 1.165) is 17.5 Å². The molecule has 0 saturated carbocycles. The highest BCUT2D eigenvalue weighted by Crippen LogP contribution is 2.51. The molecule has 3 aliphatic heterocycles. The van der Waals surface area contributed by atoms with Crippen molar-refractivity contribution in [1.29, 1.82) is 0 Å². The number of nitrogens with two attached hydrogens (primary N) is 1. The standard InChI is InChI=1S/C19H18FN3O3/c20-17-12(2-1-6-22-17)11-3-4-15-14(8-11)19(10-25-18(21)23-19)13-5-7-24-9-16(13)26-15/h1-4,6,8,13,16H,5,7,9-10H2,(H2,21,23)/t13-,16-,19-/m0/s1. The molecule has 1 aromatic carbocycles. The fourth-order valence-corrected chi connectivity index (χ4v) is 4.25. The van der Waals surface area contributed by atoms with Crippen molar-refractivity contribution < 1.29 is 18.6 Å². The Morgan fingerprint density at radius 3 is 3.00 bits per heavy atom. The molecule has 3 aliphatic rings. The molecule has 7 heteroatoms. The Bertz CT molecular complexity index is 903. The fraction of sp³-hybridized carbons (Fsp3) is 0.368. The second-order valence-corrected chi connectivity index (χ2v) is 6.84. The van der Waals surface area contributed by atoms with Crippen LogP contribution >= 0.6 is 0 Å². The van der Waals surface area contributed by atoms with Gasteiger partial charge < -0.3 is 19.9 Å². The van der Waals surface area contributed by atoms with Crippen LogP contribution in [-0.4, -0.2) is 36.9 Å². The number of amidine groups is 1. The SMILES string of the molecule is NC1=N[C@]2(CO1)c1cc(-c3cccnc3F)ccc1O[C@H]1COCC[C@@H]12. The number of fused-ring (bicyclic) bond motifs is 4. The molecule has 2 aromatic rings. The molecular formula is C19H18FN3O3. The highest BCUT2D eigenvalue weighted by molar-refractivity contribution is 5.75. The normalized spacial score (nSPS) is 29.3. The maximum Gasteiger partial charge on any atom is 0.283 e. The summed E-state index contributed by atoms with van der Waals surface area (Å²) in [6, 6.07) is 9.22. The summed E-state index contributed by atoms with van der Waals surface area (Å²) >= 11 is 0. The highest BCUT2D eigenvalue weighted by atomic mass is 19.1. The molecule has 0 bridgehead atoms. The zero-order chi connectivity index (χ0) is 17.7. The minimum atomic E-state index is -0.624. The van der Waals surface area contributed by atoms with Gasteiger partial charge >= 0.3 is 0 Å². The van der Waals surface area contributed by atoms with Crippen LogP contribution in [0, 0.1) is 11.9 Å². The van der Waals surface area contributed by atoms with Crippen molar-refractivity contribution in [3.63, 3.8) is 0 Å². The number of ether oxygens (including phenoxy) is 3. The van der Waals surface area contributed by atoms with E-state index in [-0.39, 0.29) is 18.0 Å². The van der Waals surface area contributed by atoms with Gasteiger partial charge in [-0.15, -0.1) is 0 Å². The van der Waals surface area contributed by atoms with Crippen LogP contribution in [0.5, 0.6) is 5.75 Å². The van der Waals surface area contributed by atoms with Crippen LogP contribution in [0.15, 0.2) is 41.5 Å². The van der Waals surface area contributed by atoms with E-state index in [1.54, 1.807) is 12.1 Å². The van der Waals surface area contributed by atoms with E-state index >= 15 is 0 Å². The van der Waals surface area contributed by atoms with Crippen molar-refractivity contribution in [3.05, 3.63) is 48.0 Å². The summed E-state index contributed by atoms with van der Waals surface area (Å²) in [5.74, 6) is 0.304. The first-order valence-electron chi connectivity index (χ1n) is 8.65. The van der Waals surface area contributed by atoms with Gasteiger partial charge in [-0.1, -0.05) is 6.07 Å². The summed E-state index contributed by atoms with van der Waals surface area (Å²) in [6.45, 7) is 1.52. The predicted octanol–water partition coefficient (Wildman–Crippen LogP) is 2.23. The maximum atomic E-state index is 14.2. The molecule has 2 N–H and O–H groups in total. The van der Waals surface area contributed by atoms with E-state index in [2.05, 4.69) is 9.98 Å². The van der Waals surface area contributed by atoms with Crippen molar-refractivity contribution >= 4 is 6.02 Å². The van der Waals surface area contributed by atoms with Crippen molar-refractivity contribution in [2.24, 2.45) is 16.6 Å². The van der Waals surface area contributed by atoms with Gasteiger partial charge in [0.15, 0.2) is 0 Å². The molecule has 134 valence electrons. The van der Waals surface area contributed by atoms with E-state index in [0.29, 0.717) is 31.1 Å². The van der Waals surface area contributed by atoms with Crippen molar-refractivity contribution in [3.8, 4) is 16.9 Å². The number of aromatic nitrogens is 1. The van der Waals surface area contributed by atoms with Gasteiger partial charge in [0.2, 0.25) is 5.95 Å². The predicted molar refractivity (Wildman–Crippen MR) is 92.2 cm³/mol. The summed E-state index contributed by atoms with van der Waals surface area (Å²) in [7, 11) is 0. The van der Waals surface area contributed by atoms with Crippen LogP contribution < -0.4 is 10.5 Å². The van der Waals surface area contributed by atoms with E-state index in [1.165, 1.54) is 6.20 Å². The number of rotatable bonds is 1. The minimum absolute atomic E-state index is 0.0961. The molecule has 1 spiro atoms. The smallest absolute Gasteiger partial charge is 0.283 e. The van der Waals surface area contributed by atoms with Gasteiger partial charge in [0, 0.05) is 29.8 Å². The molecule has 0 unspecified atom stereocenters. The van der Waals surface area contributed by atoms with Crippen LogP contribution in [0.4, 0.5) is 4.39 Å². The number of halogens is 1. The number of hydrogen-bond donors (Lipinski definition) is 1. The van der Waals surface area contributed by atoms with Crippen LogP contribution in [0.2, 0.25) is 0 Å². The summed E-state index contributed by atoms with van der Waals surface area (Å²) in [6.07, 6.45) is 2.13. The molecule has 1 fully saturated rings. The summed E-state index contributed by atoms with van der Waals surface area (Å²) in [5.41, 5.74) is 7.30. The highest BCUT2D eigenvalue weighted by Gasteiger charge is 2.54. The molecule has 0 amide bonds. The molecule has 3 atom stereocenters. The Labute approximate surface area is 149 Å². The lowest BCUT2D eigenvalue weighted by Crippen LogP contribution is -2.52. The van der Waals surface area contributed by atoms with E-state index in [4.69, 9.17) is 19.9 Å². The topological polar surface area (TPSA) is 79.0 Å². The number of pyridine rings is 1. The van der Waals surface area contributed by atoms with Gasteiger partial charge in [-0.2, -0.15) is 4.39 Å². The molecule has 4 heterocycles. The monoisotopic (exact) mass is 355 g/mol. The Morgan fingerprint density at radius 1 is 1.27 bits per heavy atom. The molecule has 0 aliphatic carbocycles. The third-order valence-electron chi connectivity index (χ3n) is 5.46. The lowest BCUT2D eigenvalue weighted by Gasteiger charge is -2.45. The Balaban J connectivity index is 1.69. The third kappa shape index (κ3) is 2.20. The number of aliphatic imine (C=N–C) groups is 1. The van der Waals surface area contributed by atoms with Crippen LogP contribution in [0.25, 0.3) is 11.1 Å². The summed E-state index contributed by atoms with van der Waals surface area (Å²) in [4.78, 5) is 8.44. The number of benzene rings is 1. The summed E-state index contributed by atoms with van der Waals surface area (Å²) < 4.78 is 31.5. The van der Waals surface area contributed by atoms with Gasteiger partial charge in [-0.25, -0.2) is 9.98 Å². The molecule has 6 nitrogen and oxygen atoms in total. The Hall–Kier alpha value is -2.67. The summed E-state index contributed by atoms with van der Waals surface area (Å²) in [5, 5.41) is 0. The lowest BCUT2D eigenvalue weighted by molar-refractivity contribution is -0.0732. The van der Waals surface area contributed by atoms with Crippen LogP contribution in [0.3, 0.4) is 0 Å². The van der Waals surface area contributed by atoms with Crippen molar-refractivity contribution in [1.82, 2.24) is 4.98 Å². The van der Waals surface area contributed by atoms with Gasteiger partial charge in [-0.3, -0.25) is 0 Å². The zero-order valence-electron chi connectivity index (χ0n) is 14.0. The molecule has 1 aromatic heterocycles. The van der Waals surface area contributed by atoms with Crippen molar-refractivity contribution in [2.45, 2.75) is 18.1 Å². The first-order valence-corrected chi connectivity index (χ1v) is 8.65. The minimum Gasteiger partial charge on any atom is -0.487 e. The largest absolute Gasteiger partial charge is 0.487 e. The lowest BCUT2D eigenvalue weighted by atomic mass is 9.71.